The number of nitrogens with two attached hydrogens (primary N) is 1. The molecule has 4 bridgehead atoms. The highest BCUT2D eigenvalue weighted by Crippen LogP contribution is 2.55. The molecule has 0 aliphatic heterocycles. The van der Waals surface area contributed by atoms with Crippen molar-refractivity contribution in [3.63, 3.8) is 0 Å². The molecule has 4 fully saturated rings. The second kappa shape index (κ2) is 17.4. The Balaban J connectivity index is 1.16. The van der Waals surface area contributed by atoms with E-state index in [0.29, 0.717) is 29.9 Å². The lowest BCUT2D eigenvalue weighted by atomic mass is 9.53. The van der Waals surface area contributed by atoms with E-state index in [9.17, 15) is 29.1 Å². The zero-order valence-corrected chi connectivity index (χ0v) is 30.3. The van der Waals surface area contributed by atoms with Crippen LogP contribution in [0.4, 0.5) is 0 Å². The van der Waals surface area contributed by atoms with Gasteiger partial charge >= 0.3 is 0 Å². The molecule has 0 heterocycles. The first-order valence-electron chi connectivity index (χ1n) is 18.0. The Morgan fingerprint density at radius 3 is 1.98 bits per heavy atom. The second-order valence-corrected chi connectivity index (χ2v) is 15.8. The van der Waals surface area contributed by atoms with Crippen LogP contribution in [0.2, 0.25) is 0 Å². The monoisotopic (exact) mass is 720 g/mol. The van der Waals surface area contributed by atoms with Gasteiger partial charge in [0.25, 0.3) is 0 Å². The zero-order chi connectivity index (χ0) is 36.5. The number of phenolic OH excluding ortho intramolecular Hbond substituents is 1. The van der Waals surface area contributed by atoms with E-state index >= 15 is 0 Å². The minimum atomic E-state index is -1.04. The van der Waals surface area contributed by atoms with Crippen LogP contribution in [-0.2, 0) is 36.8 Å². The summed E-state index contributed by atoms with van der Waals surface area (Å²) in [5, 5.41) is 23.7. The van der Waals surface area contributed by atoms with E-state index in [1.54, 1.807) is 12.1 Å². The summed E-state index contributed by atoms with van der Waals surface area (Å²) in [6, 6.07) is 11.7. The molecule has 13 heteroatoms. The molecular formula is C38H52N6O6S. The van der Waals surface area contributed by atoms with Crippen molar-refractivity contribution in [2.45, 2.75) is 94.4 Å². The van der Waals surface area contributed by atoms with Crippen LogP contribution in [0.25, 0.3) is 0 Å². The lowest BCUT2D eigenvalue weighted by molar-refractivity contribution is -0.134. The van der Waals surface area contributed by atoms with Gasteiger partial charge in [-0.25, -0.2) is 0 Å². The molecule has 0 unspecified atom stereocenters. The number of benzene rings is 2. The van der Waals surface area contributed by atoms with Gasteiger partial charge in [-0.15, -0.1) is 0 Å². The summed E-state index contributed by atoms with van der Waals surface area (Å²) < 4.78 is 0. The third-order valence-corrected chi connectivity index (χ3v) is 11.1. The molecule has 276 valence electrons. The number of carbonyl (C=O) groups excluding carboxylic acids is 5. The van der Waals surface area contributed by atoms with Crippen molar-refractivity contribution in [3.05, 3.63) is 65.7 Å². The minimum absolute atomic E-state index is 0.102. The highest BCUT2D eigenvalue weighted by Gasteiger charge is 2.51. The SMILES string of the molecule is CSCC[C@@H](NC(=O)[C@@H](N)Cc1ccc(O)cc1)C(=O)N[C@@H](C)C(=O)N[C@@H](Cc1ccccc1)C(=O)NCC(=O)NC12CC3CC(CC(C3)C1)C2. The Morgan fingerprint density at radius 1 is 0.784 bits per heavy atom. The van der Waals surface area contributed by atoms with Gasteiger partial charge in [0.05, 0.1) is 12.6 Å². The fraction of sp³-hybridized carbons (Fsp3) is 0.553. The molecule has 0 radical (unpaired) electrons. The molecule has 51 heavy (non-hydrogen) atoms. The van der Waals surface area contributed by atoms with Crippen molar-refractivity contribution >= 4 is 41.3 Å². The fourth-order valence-corrected chi connectivity index (χ4v) is 8.86. The van der Waals surface area contributed by atoms with Crippen molar-refractivity contribution in [2.75, 3.05) is 18.6 Å². The van der Waals surface area contributed by atoms with Gasteiger partial charge in [-0.1, -0.05) is 42.5 Å². The van der Waals surface area contributed by atoms with Crippen LogP contribution in [0.3, 0.4) is 0 Å². The van der Waals surface area contributed by atoms with Crippen LogP contribution in [0.5, 0.6) is 5.75 Å². The normalized spacial score (nSPS) is 24.0. The van der Waals surface area contributed by atoms with Crippen molar-refractivity contribution in [1.82, 2.24) is 26.6 Å². The van der Waals surface area contributed by atoms with E-state index in [2.05, 4.69) is 26.6 Å². The lowest BCUT2D eigenvalue weighted by Crippen LogP contribution is -2.61. The average molecular weight is 721 g/mol. The van der Waals surface area contributed by atoms with E-state index < -0.39 is 47.8 Å². The molecule has 4 saturated carbocycles. The summed E-state index contributed by atoms with van der Waals surface area (Å²) in [5.41, 5.74) is 7.54. The number of hydrogen-bond acceptors (Lipinski definition) is 8. The smallest absolute Gasteiger partial charge is 0.243 e. The van der Waals surface area contributed by atoms with Crippen molar-refractivity contribution in [2.24, 2.45) is 23.5 Å². The Labute approximate surface area is 304 Å². The van der Waals surface area contributed by atoms with Gasteiger partial charge < -0.3 is 37.4 Å². The van der Waals surface area contributed by atoms with E-state index in [4.69, 9.17) is 5.73 Å². The number of aromatic hydroxyl groups is 1. The topological polar surface area (TPSA) is 192 Å². The first-order valence-corrected chi connectivity index (χ1v) is 19.4. The van der Waals surface area contributed by atoms with Gasteiger partial charge in [-0.05, 0) is 111 Å². The Morgan fingerprint density at radius 2 is 1.37 bits per heavy atom. The van der Waals surface area contributed by atoms with Gasteiger partial charge in [-0.2, -0.15) is 11.8 Å². The fourth-order valence-electron chi connectivity index (χ4n) is 8.39. The highest BCUT2D eigenvalue weighted by atomic mass is 32.2. The van der Waals surface area contributed by atoms with Gasteiger partial charge in [0.1, 0.15) is 23.9 Å². The molecule has 4 atom stereocenters. The molecule has 5 amide bonds. The molecule has 0 spiro atoms. The van der Waals surface area contributed by atoms with Gasteiger partial charge in [0, 0.05) is 12.0 Å². The zero-order valence-electron chi connectivity index (χ0n) is 29.5. The van der Waals surface area contributed by atoms with E-state index in [0.717, 1.165) is 30.4 Å². The molecule has 2 aromatic carbocycles. The van der Waals surface area contributed by atoms with Crippen molar-refractivity contribution < 1.29 is 29.1 Å². The molecule has 12 nitrogen and oxygen atoms in total. The van der Waals surface area contributed by atoms with E-state index in [1.807, 2.05) is 36.6 Å². The first kappa shape index (κ1) is 38.1. The third kappa shape index (κ3) is 10.7. The summed E-state index contributed by atoms with van der Waals surface area (Å²) in [5.74, 6) is 0.302. The van der Waals surface area contributed by atoms with Crippen molar-refractivity contribution in [3.8, 4) is 5.75 Å². The maximum absolute atomic E-state index is 13.5. The van der Waals surface area contributed by atoms with Crippen LogP contribution in [-0.4, -0.2) is 82.9 Å². The minimum Gasteiger partial charge on any atom is -0.508 e. The van der Waals surface area contributed by atoms with Crippen LogP contribution in [0, 0.1) is 17.8 Å². The second-order valence-electron chi connectivity index (χ2n) is 14.8. The molecule has 4 aliphatic rings. The Bertz CT molecular complexity index is 1500. The number of hydrogen-bond donors (Lipinski definition) is 7. The molecule has 0 saturated heterocycles. The van der Waals surface area contributed by atoms with Gasteiger partial charge in [-0.3, -0.25) is 24.0 Å². The first-order chi connectivity index (χ1) is 24.4. The number of nitrogens with one attached hydrogen (secondary N) is 5. The molecule has 2 aromatic rings. The summed E-state index contributed by atoms with van der Waals surface area (Å²) in [7, 11) is 0. The Hall–Kier alpha value is -4.10. The largest absolute Gasteiger partial charge is 0.508 e. The molecule has 4 aliphatic carbocycles. The predicted molar refractivity (Wildman–Crippen MR) is 196 cm³/mol. The summed E-state index contributed by atoms with van der Waals surface area (Å²) in [4.78, 5) is 66.4. The Kier molecular flexibility index (Phi) is 13.0. The molecule has 6 rings (SSSR count). The van der Waals surface area contributed by atoms with Crippen LogP contribution in [0.1, 0.15) is 63.0 Å². The van der Waals surface area contributed by atoms with Crippen LogP contribution >= 0.6 is 11.8 Å². The quantitative estimate of drug-likeness (QED) is 0.129. The van der Waals surface area contributed by atoms with Crippen LogP contribution < -0.4 is 32.3 Å². The summed E-state index contributed by atoms with van der Waals surface area (Å²) in [6.45, 7) is 1.31. The summed E-state index contributed by atoms with van der Waals surface area (Å²) in [6.07, 6.45) is 9.37. The maximum Gasteiger partial charge on any atom is 0.243 e. The van der Waals surface area contributed by atoms with Crippen molar-refractivity contribution in [1.29, 1.82) is 0 Å². The van der Waals surface area contributed by atoms with Gasteiger partial charge in [0.2, 0.25) is 29.5 Å². The average Bonchev–Trinajstić information content (AvgIpc) is 3.09. The number of rotatable bonds is 17. The van der Waals surface area contributed by atoms with E-state index in [1.165, 1.54) is 50.1 Å². The highest BCUT2D eigenvalue weighted by molar-refractivity contribution is 7.98. The number of thioether (sulfide) groups is 1. The van der Waals surface area contributed by atoms with Crippen LogP contribution in [0.15, 0.2) is 54.6 Å². The maximum atomic E-state index is 13.5. The molecular weight excluding hydrogens is 669 g/mol. The number of phenols is 1. The molecule has 8 N–H and O–H groups in total. The molecule has 0 aromatic heterocycles. The number of carbonyl (C=O) groups is 5. The predicted octanol–water partition coefficient (Wildman–Crippen LogP) is 1.93. The standard InChI is InChI=1S/C38H52N6O6S/c1-23(41-37(50)31(12-13-51-2)42-35(48)30(39)17-25-8-10-29(45)11-9-25)34(47)43-32(18-24-6-4-3-5-7-24)36(49)40-22-33(46)44-38-19-26-14-27(20-38)16-28(15-26)21-38/h3-11,23,26-28,30-32,45H,12-22,39H2,1-2H3,(H,40,49)(H,41,50)(H,42,48)(H,43,47)(H,44,46)/t23-,26?,27?,28?,30-,31+,32-,38?/m0/s1. The lowest BCUT2D eigenvalue weighted by Gasteiger charge is -2.56. The van der Waals surface area contributed by atoms with E-state index in [-0.39, 0.29) is 36.6 Å². The van der Waals surface area contributed by atoms with Gasteiger partial charge in [0.15, 0.2) is 0 Å². The summed E-state index contributed by atoms with van der Waals surface area (Å²) >= 11 is 1.51. The third-order valence-electron chi connectivity index (χ3n) is 10.5. The number of amides is 5.